The first kappa shape index (κ1) is 19.4. The van der Waals surface area contributed by atoms with Crippen molar-refractivity contribution >= 4 is 52.6 Å². The first-order valence-corrected chi connectivity index (χ1v) is 7.88. The Morgan fingerprint density at radius 1 is 1.12 bits per heavy atom. The van der Waals surface area contributed by atoms with Gasteiger partial charge < -0.3 is 5.32 Å². The lowest BCUT2D eigenvalue weighted by atomic mass is 10.2. The van der Waals surface area contributed by atoms with Crippen LogP contribution in [0.15, 0.2) is 41.5 Å². The standard InChI is InChI=1S/C16H12Cl2N4O4/c1-9-2-4-11(7-13(9)18)20-15(23)16(24)21-19-8-10-3-5-12(17)14(6-10)22(25)26/h2-8H,1H3,(H,20,23)(H,21,24)/b19-8+. The molecule has 0 saturated carbocycles. The van der Waals surface area contributed by atoms with E-state index in [1.165, 1.54) is 24.3 Å². The van der Waals surface area contributed by atoms with Crippen molar-refractivity contribution in [3.8, 4) is 0 Å². The summed E-state index contributed by atoms with van der Waals surface area (Å²) in [5, 5.41) is 17.2. The number of nitrogens with zero attached hydrogens (tertiary/aromatic N) is 2. The zero-order valence-electron chi connectivity index (χ0n) is 13.3. The summed E-state index contributed by atoms with van der Waals surface area (Å²) in [6, 6.07) is 8.80. The summed E-state index contributed by atoms with van der Waals surface area (Å²) in [6.07, 6.45) is 1.15. The van der Waals surface area contributed by atoms with Crippen LogP contribution in [0.4, 0.5) is 11.4 Å². The van der Waals surface area contributed by atoms with Crippen LogP contribution in [-0.4, -0.2) is 23.0 Å². The average molecular weight is 395 g/mol. The Bertz CT molecular complexity index is 915. The monoisotopic (exact) mass is 394 g/mol. The van der Waals surface area contributed by atoms with E-state index in [1.54, 1.807) is 19.1 Å². The molecule has 0 spiro atoms. The summed E-state index contributed by atoms with van der Waals surface area (Å²) >= 11 is 11.6. The van der Waals surface area contributed by atoms with Crippen molar-refractivity contribution in [1.82, 2.24) is 5.43 Å². The van der Waals surface area contributed by atoms with Crippen LogP contribution in [0.5, 0.6) is 0 Å². The van der Waals surface area contributed by atoms with Crippen LogP contribution in [0.25, 0.3) is 0 Å². The molecule has 0 bridgehead atoms. The van der Waals surface area contributed by atoms with E-state index in [0.717, 1.165) is 11.8 Å². The van der Waals surface area contributed by atoms with Crippen molar-refractivity contribution in [3.05, 3.63) is 67.7 Å². The van der Waals surface area contributed by atoms with Gasteiger partial charge in [-0.15, -0.1) is 0 Å². The largest absolute Gasteiger partial charge is 0.329 e. The van der Waals surface area contributed by atoms with Gasteiger partial charge in [-0.05, 0) is 30.7 Å². The van der Waals surface area contributed by atoms with Gasteiger partial charge in [0.25, 0.3) is 5.69 Å². The van der Waals surface area contributed by atoms with Crippen LogP contribution >= 0.6 is 23.2 Å². The number of carbonyl (C=O) groups excluding carboxylic acids is 2. The van der Waals surface area contributed by atoms with Crippen LogP contribution in [0.2, 0.25) is 10.0 Å². The van der Waals surface area contributed by atoms with Gasteiger partial charge in [-0.25, -0.2) is 5.43 Å². The van der Waals surface area contributed by atoms with Crippen molar-refractivity contribution in [2.75, 3.05) is 5.32 Å². The number of nitro benzene ring substituents is 1. The van der Waals surface area contributed by atoms with Gasteiger partial charge in [-0.3, -0.25) is 19.7 Å². The number of halogens is 2. The smallest absolute Gasteiger partial charge is 0.318 e. The number of hydrogen-bond acceptors (Lipinski definition) is 5. The lowest BCUT2D eigenvalue weighted by molar-refractivity contribution is -0.384. The van der Waals surface area contributed by atoms with Gasteiger partial charge in [0.1, 0.15) is 5.02 Å². The number of nitrogens with one attached hydrogen (secondary N) is 2. The van der Waals surface area contributed by atoms with E-state index in [-0.39, 0.29) is 10.7 Å². The van der Waals surface area contributed by atoms with Gasteiger partial charge in [-0.1, -0.05) is 35.3 Å². The van der Waals surface area contributed by atoms with E-state index in [0.29, 0.717) is 16.3 Å². The quantitative estimate of drug-likeness (QED) is 0.358. The van der Waals surface area contributed by atoms with Gasteiger partial charge in [0.05, 0.1) is 11.1 Å². The highest BCUT2D eigenvalue weighted by atomic mass is 35.5. The fraction of sp³-hybridized carbons (Fsp3) is 0.0625. The SMILES string of the molecule is Cc1ccc(NC(=O)C(=O)N/N=C/c2ccc(Cl)c([N+](=O)[O-])c2)cc1Cl. The van der Waals surface area contributed by atoms with Crippen LogP contribution in [0.1, 0.15) is 11.1 Å². The molecule has 0 aromatic heterocycles. The van der Waals surface area contributed by atoms with E-state index in [2.05, 4.69) is 10.4 Å². The molecule has 0 radical (unpaired) electrons. The molecule has 26 heavy (non-hydrogen) atoms. The molecule has 0 atom stereocenters. The third-order valence-corrected chi connectivity index (χ3v) is 3.91. The highest BCUT2D eigenvalue weighted by Crippen LogP contribution is 2.24. The Morgan fingerprint density at radius 3 is 2.50 bits per heavy atom. The summed E-state index contributed by atoms with van der Waals surface area (Å²) in [6.45, 7) is 1.80. The van der Waals surface area contributed by atoms with E-state index in [4.69, 9.17) is 23.2 Å². The van der Waals surface area contributed by atoms with Crippen LogP contribution in [-0.2, 0) is 9.59 Å². The number of benzene rings is 2. The molecule has 2 N–H and O–H groups in total. The number of anilines is 1. The van der Waals surface area contributed by atoms with Crippen molar-refractivity contribution in [2.24, 2.45) is 5.10 Å². The maximum atomic E-state index is 11.8. The first-order chi connectivity index (χ1) is 12.3. The molecule has 0 saturated heterocycles. The molecule has 2 aromatic carbocycles. The second-order valence-corrected chi connectivity index (χ2v) is 5.90. The van der Waals surface area contributed by atoms with Crippen LogP contribution in [0.3, 0.4) is 0 Å². The number of nitro groups is 1. The maximum absolute atomic E-state index is 11.8. The first-order valence-electron chi connectivity index (χ1n) is 7.12. The molecule has 0 heterocycles. The summed E-state index contributed by atoms with van der Waals surface area (Å²) < 4.78 is 0. The summed E-state index contributed by atoms with van der Waals surface area (Å²) in [4.78, 5) is 33.7. The lowest BCUT2D eigenvalue weighted by Crippen LogP contribution is -2.32. The van der Waals surface area contributed by atoms with E-state index < -0.39 is 16.7 Å². The minimum atomic E-state index is -1.01. The molecule has 8 nitrogen and oxygen atoms in total. The number of hydrazone groups is 1. The van der Waals surface area contributed by atoms with Gasteiger partial charge in [0, 0.05) is 22.3 Å². The maximum Gasteiger partial charge on any atom is 0.329 e. The Labute approximate surface area is 157 Å². The van der Waals surface area contributed by atoms with Gasteiger partial charge in [-0.2, -0.15) is 5.10 Å². The average Bonchev–Trinajstić information content (AvgIpc) is 2.59. The topological polar surface area (TPSA) is 114 Å². The van der Waals surface area contributed by atoms with E-state index >= 15 is 0 Å². The third-order valence-electron chi connectivity index (χ3n) is 3.18. The van der Waals surface area contributed by atoms with E-state index in [9.17, 15) is 19.7 Å². The molecule has 0 unspecified atom stereocenters. The zero-order chi connectivity index (χ0) is 19.3. The Hall–Kier alpha value is -2.97. The van der Waals surface area contributed by atoms with Gasteiger partial charge >= 0.3 is 11.8 Å². The molecule has 0 fully saturated rings. The summed E-state index contributed by atoms with van der Waals surface area (Å²) in [7, 11) is 0. The van der Waals surface area contributed by atoms with Crippen molar-refractivity contribution in [3.63, 3.8) is 0 Å². The van der Waals surface area contributed by atoms with Gasteiger partial charge in [0.2, 0.25) is 0 Å². The highest BCUT2D eigenvalue weighted by Gasteiger charge is 2.14. The molecule has 0 aliphatic carbocycles. The molecule has 134 valence electrons. The molecule has 0 aliphatic rings. The van der Waals surface area contributed by atoms with Gasteiger partial charge in [0.15, 0.2) is 0 Å². The van der Waals surface area contributed by atoms with Crippen molar-refractivity contribution < 1.29 is 14.5 Å². The number of amides is 2. The molecular weight excluding hydrogens is 383 g/mol. The molecule has 2 aromatic rings. The lowest BCUT2D eigenvalue weighted by Gasteiger charge is -2.05. The minimum absolute atomic E-state index is 0.0210. The minimum Gasteiger partial charge on any atom is -0.318 e. The predicted octanol–water partition coefficient (Wildman–Crippen LogP) is 3.30. The zero-order valence-corrected chi connectivity index (χ0v) is 14.8. The predicted molar refractivity (Wildman–Crippen MR) is 98.7 cm³/mol. The fourth-order valence-corrected chi connectivity index (χ4v) is 2.19. The normalized spacial score (nSPS) is 10.6. The van der Waals surface area contributed by atoms with Crippen molar-refractivity contribution in [1.29, 1.82) is 0 Å². The Morgan fingerprint density at radius 2 is 1.85 bits per heavy atom. The molecule has 2 rings (SSSR count). The molecular formula is C16H12Cl2N4O4. The number of carbonyl (C=O) groups is 2. The Balaban J connectivity index is 1.98. The van der Waals surface area contributed by atoms with E-state index in [1.807, 2.05) is 5.43 Å². The molecule has 2 amide bonds. The molecule has 10 heteroatoms. The summed E-state index contributed by atoms with van der Waals surface area (Å²) in [5.74, 6) is -1.95. The number of aryl methyl sites for hydroxylation is 1. The third kappa shape index (κ3) is 5.01. The van der Waals surface area contributed by atoms with Crippen molar-refractivity contribution in [2.45, 2.75) is 6.92 Å². The van der Waals surface area contributed by atoms with Crippen LogP contribution < -0.4 is 10.7 Å². The number of hydrogen-bond donors (Lipinski definition) is 2. The second kappa shape index (κ2) is 8.41. The second-order valence-electron chi connectivity index (χ2n) is 5.09. The number of rotatable bonds is 4. The van der Waals surface area contributed by atoms with Crippen LogP contribution in [0, 0.1) is 17.0 Å². The fourth-order valence-electron chi connectivity index (χ4n) is 1.82. The molecule has 0 aliphatic heterocycles. The highest BCUT2D eigenvalue weighted by molar-refractivity contribution is 6.40. The Kier molecular flexibility index (Phi) is 6.26. The summed E-state index contributed by atoms with van der Waals surface area (Å²) in [5.41, 5.74) is 3.24.